The fourth-order valence-electron chi connectivity index (χ4n) is 6.82. The lowest BCUT2D eigenvalue weighted by atomic mass is 9.87. The molecule has 2 aliphatic heterocycles. The van der Waals surface area contributed by atoms with Gasteiger partial charge in [-0.3, -0.25) is 9.59 Å². The van der Waals surface area contributed by atoms with Crippen molar-refractivity contribution in [3.63, 3.8) is 0 Å². The summed E-state index contributed by atoms with van der Waals surface area (Å²) in [5, 5.41) is 17.1. The first-order chi connectivity index (χ1) is 22.8. The molecule has 1 unspecified atom stereocenters. The van der Waals surface area contributed by atoms with Crippen molar-refractivity contribution < 1.29 is 28.2 Å². The quantitative estimate of drug-likeness (QED) is 0.218. The van der Waals surface area contributed by atoms with Crippen LogP contribution >= 0.6 is 0 Å². The van der Waals surface area contributed by atoms with Crippen LogP contribution < -0.4 is 10.6 Å². The van der Waals surface area contributed by atoms with Crippen LogP contribution in [0.25, 0.3) is 11.3 Å². The highest BCUT2D eigenvalue weighted by atomic mass is 19.1. The fraction of sp³-hybridized carbons (Fsp3) is 0.528. The van der Waals surface area contributed by atoms with Crippen molar-refractivity contribution in [2.45, 2.75) is 64.6 Å². The molecular formula is C36H47F2N5O4. The third-order valence-electron chi connectivity index (χ3n) is 9.35. The summed E-state index contributed by atoms with van der Waals surface area (Å²) < 4.78 is 37.1. The Bertz CT molecular complexity index is 1480. The number of hydrogen-bond donors (Lipinski definition) is 3. The normalized spacial score (nSPS) is 19.8. The predicted molar refractivity (Wildman–Crippen MR) is 175 cm³/mol. The van der Waals surface area contributed by atoms with Crippen LogP contribution in [0.5, 0.6) is 0 Å². The average molecular weight is 652 g/mol. The predicted octanol–water partition coefficient (Wildman–Crippen LogP) is 4.70. The topological polar surface area (TPSA) is 109 Å². The van der Waals surface area contributed by atoms with Gasteiger partial charge in [0.15, 0.2) is 0 Å². The van der Waals surface area contributed by atoms with Crippen molar-refractivity contribution in [1.29, 1.82) is 0 Å². The number of ether oxygens (including phenoxy) is 1. The van der Waals surface area contributed by atoms with Crippen LogP contribution in [-0.4, -0.2) is 76.9 Å². The van der Waals surface area contributed by atoms with Crippen molar-refractivity contribution in [2.75, 3.05) is 39.4 Å². The molecule has 5 rings (SSSR count). The number of aliphatic hydroxyl groups is 1. The van der Waals surface area contributed by atoms with Crippen LogP contribution in [0, 0.1) is 29.4 Å². The van der Waals surface area contributed by atoms with Gasteiger partial charge in [0, 0.05) is 63.6 Å². The van der Waals surface area contributed by atoms with E-state index in [-0.39, 0.29) is 41.5 Å². The van der Waals surface area contributed by atoms with E-state index < -0.39 is 29.7 Å². The third-order valence-corrected chi connectivity index (χ3v) is 9.35. The summed E-state index contributed by atoms with van der Waals surface area (Å²) in [5.74, 6) is -1.84. The number of aromatic nitrogens is 2. The highest BCUT2D eigenvalue weighted by Crippen LogP contribution is 2.38. The molecule has 11 heteroatoms. The minimum absolute atomic E-state index is 0.0250. The Morgan fingerprint density at radius 3 is 2.62 bits per heavy atom. The molecule has 0 radical (unpaired) electrons. The minimum Gasteiger partial charge on any atom is -0.384 e. The van der Waals surface area contributed by atoms with Crippen LogP contribution in [0.15, 0.2) is 54.7 Å². The Hall–Kier alpha value is -3.67. The maximum absolute atomic E-state index is 15.1. The molecule has 47 heavy (non-hydrogen) atoms. The monoisotopic (exact) mass is 651 g/mol. The molecule has 254 valence electrons. The molecule has 0 spiro atoms. The first-order valence-corrected chi connectivity index (χ1v) is 16.9. The van der Waals surface area contributed by atoms with Crippen LogP contribution in [0.2, 0.25) is 0 Å². The summed E-state index contributed by atoms with van der Waals surface area (Å²) >= 11 is 0. The van der Waals surface area contributed by atoms with E-state index in [0.717, 1.165) is 43.0 Å². The number of amides is 2. The van der Waals surface area contributed by atoms with Crippen molar-refractivity contribution in [3.05, 3.63) is 77.8 Å². The van der Waals surface area contributed by atoms with Crippen LogP contribution in [0.4, 0.5) is 8.78 Å². The second-order valence-corrected chi connectivity index (χ2v) is 12.8. The molecule has 4 atom stereocenters. The Morgan fingerprint density at radius 1 is 1.13 bits per heavy atom. The van der Waals surface area contributed by atoms with Crippen LogP contribution in [0.3, 0.4) is 0 Å². The van der Waals surface area contributed by atoms with Gasteiger partial charge in [-0.2, -0.15) is 0 Å². The number of nitrogens with zero attached hydrogens (tertiary/aromatic N) is 3. The highest BCUT2D eigenvalue weighted by Gasteiger charge is 2.42. The largest absolute Gasteiger partial charge is 0.384 e. The SMILES string of the molecule is CCCCCNC(=O)[C@@H]1CNC[C@H]1CN(C(=O)[C@H](C)O)C(c1nc(-c2cc(F)ccc2F)cn1Cc1ccccc1)C1CCOCC1. The number of carbonyl (C=O) groups is 2. The number of halogens is 2. The van der Waals surface area contributed by atoms with E-state index in [9.17, 15) is 19.1 Å². The fourth-order valence-corrected chi connectivity index (χ4v) is 6.82. The van der Waals surface area contributed by atoms with Crippen LogP contribution in [0.1, 0.15) is 63.4 Å². The van der Waals surface area contributed by atoms with Gasteiger partial charge < -0.3 is 29.9 Å². The zero-order valence-electron chi connectivity index (χ0n) is 27.3. The molecule has 0 bridgehead atoms. The van der Waals surface area contributed by atoms with E-state index in [1.807, 2.05) is 34.9 Å². The average Bonchev–Trinajstić information content (AvgIpc) is 3.72. The molecule has 2 aliphatic rings. The van der Waals surface area contributed by atoms with Crippen LogP contribution in [-0.2, 0) is 20.9 Å². The molecular weight excluding hydrogens is 604 g/mol. The lowest BCUT2D eigenvalue weighted by Crippen LogP contribution is -2.49. The van der Waals surface area contributed by atoms with Gasteiger partial charge >= 0.3 is 0 Å². The Kier molecular flexibility index (Phi) is 12.1. The molecule has 1 aromatic heterocycles. The first kappa shape index (κ1) is 34.7. The van der Waals surface area contributed by atoms with Gasteiger partial charge in [0.1, 0.15) is 23.6 Å². The van der Waals surface area contributed by atoms with Gasteiger partial charge in [0.05, 0.1) is 17.7 Å². The number of aliphatic hydroxyl groups excluding tert-OH is 1. The third kappa shape index (κ3) is 8.63. The highest BCUT2D eigenvalue weighted by molar-refractivity contribution is 5.82. The van der Waals surface area contributed by atoms with Gasteiger partial charge in [0.25, 0.3) is 5.91 Å². The summed E-state index contributed by atoms with van der Waals surface area (Å²) in [4.78, 5) is 34.0. The van der Waals surface area contributed by atoms with Crippen molar-refractivity contribution >= 4 is 11.8 Å². The molecule has 2 amide bonds. The molecule has 3 aromatic rings. The lowest BCUT2D eigenvalue weighted by molar-refractivity contribution is -0.146. The molecule has 3 heterocycles. The van der Waals surface area contributed by atoms with E-state index in [2.05, 4.69) is 17.6 Å². The van der Waals surface area contributed by atoms with E-state index >= 15 is 4.39 Å². The second kappa shape index (κ2) is 16.4. The van der Waals surface area contributed by atoms with Gasteiger partial charge in [-0.25, -0.2) is 13.8 Å². The second-order valence-electron chi connectivity index (χ2n) is 12.8. The minimum atomic E-state index is -1.30. The number of nitrogens with one attached hydrogen (secondary N) is 2. The summed E-state index contributed by atoms with van der Waals surface area (Å²) in [7, 11) is 0. The Labute approximate surface area is 275 Å². The van der Waals surface area contributed by atoms with Gasteiger partial charge in [-0.15, -0.1) is 0 Å². The molecule has 0 aliphatic carbocycles. The molecule has 9 nitrogen and oxygen atoms in total. The number of unbranched alkanes of at least 4 members (excludes halogenated alkanes) is 2. The van der Waals surface area contributed by atoms with E-state index in [4.69, 9.17) is 9.72 Å². The zero-order chi connectivity index (χ0) is 33.3. The summed E-state index contributed by atoms with van der Waals surface area (Å²) in [6, 6.07) is 12.4. The summed E-state index contributed by atoms with van der Waals surface area (Å²) in [6.45, 7) is 6.79. The standard InChI is InChI=1S/C36H47F2N5O4/c1-3-4-8-15-40-35(45)30-20-39-19-27(30)22-43(36(46)24(2)44)33(26-13-16-47-17-14-26)34-41-32(29-18-28(37)11-12-31(29)38)23-42(34)21-25-9-6-5-7-10-25/h5-7,9-12,18,23-24,26-27,30,33,39,44H,3-4,8,13-17,19-22H2,1-2H3,(H,40,45)/t24-,27-,30+,33?/m0/s1. The van der Waals surface area contributed by atoms with Crippen molar-refractivity contribution in [2.24, 2.45) is 17.8 Å². The molecule has 2 aromatic carbocycles. The maximum atomic E-state index is 15.1. The summed E-state index contributed by atoms with van der Waals surface area (Å²) in [5.41, 5.74) is 1.25. The lowest BCUT2D eigenvalue weighted by Gasteiger charge is -2.40. The number of hydrogen-bond acceptors (Lipinski definition) is 6. The number of benzene rings is 2. The van der Waals surface area contributed by atoms with Gasteiger partial charge in [-0.1, -0.05) is 50.1 Å². The number of carbonyl (C=O) groups excluding carboxylic acids is 2. The Morgan fingerprint density at radius 2 is 1.89 bits per heavy atom. The van der Waals surface area contributed by atoms with Crippen molar-refractivity contribution in [1.82, 2.24) is 25.1 Å². The summed E-state index contributed by atoms with van der Waals surface area (Å²) in [6.07, 6.45) is 4.69. The van der Waals surface area contributed by atoms with E-state index in [1.165, 1.54) is 6.92 Å². The number of imidazole rings is 1. The number of rotatable bonds is 14. The van der Waals surface area contributed by atoms with Crippen molar-refractivity contribution in [3.8, 4) is 11.3 Å². The molecule has 3 N–H and O–H groups in total. The van der Waals surface area contributed by atoms with Gasteiger partial charge in [-0.05, 0) is 55.9 Å². The first-order valence-electron chi connectivity index (χ1n) is 16.9. The smallest absolute Gasteiger partial charge is 0.251 e. The molecule has 2 fully saturated rings. The van der Waals surface area contributed by atoms with E-state index in [1.54, 1.807) is 11.1 Å². The maximum Gasteiger partial charge on any atom is 0.251 e. The molecule has 2 saturated heterocycles. The zero-order valence-corrected chi connectivity index (χ0v) is 27.3. The Balaban J connectivity index is 1.57. The molecule has 0 saturated carbocycles. The van der Waals surface area contributed by atoms with Gasteiger partial charge in [0.2, 0.25) is 5.91 Å². The van der Waals surface area contributed by atoms with E-state index in [0.29, 0.717) is 58.1 Å².